The predicted octanol–water partition coefficient (Wildman–Crippen LogP) is 3.94. The Morgan fingerprint density at radius 2 is 2.00 bits per heavy atom. The molecule has 3 aromatic rings. The van der Waals surface area contributed by atoms with E-state index in [1.165, 1.54) is 5.56 Å². The molecule has 2 N–H and O–H groups in total. The van der Waals surface area contributed by atoms with Crippen LogP contribution in [-0.2, 0) is 27.9 Å². The van der Waals surface area contributed by atoms with Crippen LogP contribution in [0.1, 0.15) is 23.2 Å². The Bertz CT molecular complexity index is 1210. The molecule has 2 aromatic carbocycles. The van der Waals surface area contributed by atoms with Crippen LogP contribution in [0.25, 0.3) is 10.9 Å². The molecule has 0 aliphatic carbocycles. The van der Waals surface area contributed by atoms with Gasteiger partial charge in [0.1, 0.15) is 11.9 Å². The zero-order chi connectivity index (χ0) is 24.6. The summed E-state index contributed by atoms with van der Waals surface area (Å²) >= 11 is 0. The summed E-state index contributed by atoms with van der Waals surface area (Å²) in [5.74, 6) is -1.34. The number of carbonyl (C=O) groups excluding carboxylic acids is 1. The number of benzene rings is 2. The van der Waals surface area contributed by atoms with Crippen LogP contribution in [0.5, 0.6) is 5.75 Å². The van der Waals surface area contributed by atoms with E-state index in [9.17, 15) is 18.0 Å². The SMILES string of the molecule is COc1ccc2[nH]c3c(c2c1)CCNC31CCN(CC(Cc2ccccc2)OC(=O)C(F)(F)F)C1. The number of hydrogen-bond acceptors (Lipinski definition) is 5. The second kappa shape index (κ2) is 9.20. The van der Waals surface area contributed by atoms with Crippen molar-refractivity contribution in [2.45, 2.75) is 37.1 Å². The molecule has 0 radical (unpaired) electrons. The van der Waals surface area contributed by atoms with Gasteiger partial charge >= 0.3 is 12.1 Å². The molecule has 1 spiro atoms. The summed E-state index contributed by atoms with van der Waals surface area (Å²) in [6.07, 6.45) is -4.03. The molecule has 1 saturated heterocycles. The lowest BCUT2D eigenvalue weighted by atomic mass is 9.86. The number of likely N-dealkylation sites (tertiary alicyclic amines) is 1. The highest BCUT2D eigenvalue weighted by molar-refractivity contribution is 5.87. The van der Waals surface area contributed by atoms with Crippen molar-refractivity contribution in [2.24, 2.45) is 0 Å². The van der Waals surface area contributed by atoms with Crippen molar-refractivity contribution in [2.75, 3.05) is 33.3 Å². The molecule has 186 valence electrons. The standard InChI is InChI=1S/C26H28F3N3O3/c1-34-18-7-8-22-21(14-18)20-9-11-30-25(23(20)31-22)10-12-32(16-25)15-19(35-24(33)26(27,28)29)13-17-5-3-2-4-6-17/h2-8,14,19,30-31H,9-13,15-16H2,1H3. The third-order valence-corrected chi connectivity index (χ3v) is 7.05. The molecule has 0 bridgehead atoms. The normalized spacial score (nSPS) is 21.3. The number of esters is 1. The number of alkyl halides is 3. The van der Waals surface area contributed by atoms with Crippen LogP contribution in [-0.4, -0.2) is 61.4 Å². The maximum absolute atomic E-state index is 13.0. The summed E-state index contributed by atoms with van der Waals surface area (Å²) in [4.78, 5) is 17.3. The Kier molecular flexibility index (Phi) is 6.23. The van der Waals surface area contributed by atoms with Gasteiger partial charge in [-0.25, -0.2) is 4.79 Å². The molecule has 9 heteroatoms. The number of fused-ring (bicyclic) bond motifs is 4. The van der Waals surface area contributed by atoms with E-state index in [1.807, 2.05) is 48.5 Å². The van der Waals surface area contributed by atoms with Crippen LogP contribution < -0.4 is 10.1 Å². The van der Waals surface area contributed by atoms with Gasteiger partial charge in [-0.05, 0) is 42.2 Å². The Morgan fingerprint density at radius 3 is 2.74 bits per heavy atom. The molecule has 0 amide bonds. The van der Waals surface area contributed by atoms with E-state index >= 15 is 0 Å². The molecule has 5 rings (SSSR count). The number of methoxy groups -OCH3 is 1. The zero-order valence-electron chi connectivity index (χ0n) is 19.5. The number of nitrogens with one attached hydrogen (secondary N) is 2. The lowest BCUT2D eigenvalue weighted by Gasteiger charge is -2.35. The summed E-state index contributed by atoms with van der Waals surface area (Å²) in [7, 11) is 1.65. The maximum atomic E-state index is 13.0. The molecule has 35 heavy (non-hydrogen) atoms. The average Bonchev–Trinajstić information content (AvgIpc) is 3.41. The van der Waals surface area contributed by atoms with Crippen molar-refractivity contribution in [1.82, 2.24) is 15.2 Å². The van der Waals surface area contributed by atoms with E-state index in [0.717, 1.165) is 47.3 Å². The first-order chi connectivity index (χ1) is 16.8. The third kappa shape index (κ3) is 4.75. The van der Waals surface area contributed by atoms with Gasteiger partial charge in [0.15, 0.2) is 0 Å². The molecule has 2 aliphatic rings. The molecule has 2 atom stereocenters. The first kappa shape index (κ1) is 23.7. The van der Waals surface area contributed by atoms with E-state index in [1.54, 1.807) is 7.11 Å². The van der Waals surface area contributed by atoms with Crippen molar-refractivity contribution < 1.29 is 27.4 Å². The quantitative estimate of drug-likeness (QED) is 0.516. The zero-order valence-corrected chi connectivity index (χ0v) is 19.5. The highest BCUT2D eigenvalue weighted by Gasteiger charge is 2.46. The van der Waals surface area contributed by atoms with E-state index < -0.39 is 18.2 Å². The molecule has 0 saturated carbocycles. The lowest BCUT2D eigenvalue weighted by Crippen LogP contribution is -2.50. The minimum atomic E-state index is -5.02. The topological polar surface area (TPSA) is 66.6 Å². The summed E-state index contributed by atoms with van der Waals surface area (Å²) in [5, 5.41) is 4.80. The molecule has 2 aliphatic heterocycles. The average molecular weight is 488 g/mol. The van der Waals surface area contributed by atoms with Crippen LogP contribution in [0.3, 0.4) is 0 Å². The van der Waals surface area contributed by atoms with Crippen molar-refractivity contribution >= 4 is 16.9 Å². The molecular formula is C26H28F3N3O3. The highest BCUT2D eigenvalue weighted by atomic mass is 19.4. The van der Waals surface area contributed by atoms with Crippen LogP contribution in [0.4, 0.5) is 13.2 Å². The Hall–Kier alpha value is -3.04. The monoisotopic (exact) mass is 487 g/mol. The van der Waals surface area contributed by atoms with Crippen molar-refractivity contribution in [3.05, 3.63) is 65.4 Å². The van der Waals surface area contributed by atoms with Gasteiger partial charge in [-0.2, -0.15) is 13.2 Å². The van der Waals surface area contributed by atoms with Gasteiger partial charge in [0.2, 0.25) is 0 Å². The van der Waals surface area contributed by atoms with Crippen LogP contribution >= 0.6 is 0 Å². The number of H-pyrrole nitrogens is 1. The Morgan fingerprint density at radius 1 is 1.20 bits per heavy atom. The fraction of sp³-hybridized carbons (Fsp3) is 0.423. The maximum Gasteiger partial charge on any atom is 0.490 e. The molecule has 1 fully saturated rings. The summed E-state index contributed by atoms with van der Waals surface area (Å²) in [6.45, 7) is 2.32. The number of halogens is 3. The molecular weight excluding hydrogens is 459 g/mol. The van der Waals surface area contributed by atoms with Gasteiger partial charge in [-0.15, -0.1) is 0 Å². The van der Waals surface area contributed by atoms with E-state index in [-0.39, 0.29) is 18.5 Å². The lowest BCUT2D eigenvalue weighted by molar-refractivity contribution is -0.205. The van der Waals surface area contributed by atoms with Gasteiger partial charge < -0.3 is 19.8 Å². The largest absolute Gasteiger partial charge is 0.497 e. The fourth-order valence-corrected chi connectivity index (χ4v) is 5.46. The molecule has 6 nitrogen and oxygen atoms in total. The number of rotatable bonds is 6. The van der Waals surface area contributed by atoms with E-state index in [4.69, 9.17) is 9.47 Å². The van der Waals surface area contributed by atoms with E-state index in [0.29, 0.717) is 13.1 Å². The van der Waals surface area contributed by atoms with Crippen LogP contribution in [0, 0.1) is 0 Å². The summed E-state index contributed by atoms with van der Waals surface area (Å²) in [5.41, 5.74) is 3.91. The van der Waals surface area contributed by atoms with Gasteiger partial charge in [0, 0.05) is 49.2 Å². The smallest absolute Gasteiger partial charge is 0.490 e. The minimum Gasteiger partial charge on any atom is -0.497 e. The second-order valence-electron chi connectivity index (χ2n) is 9.35. The van der Waals surface area contributed by atoms with Crippen LogP contribution in [0.2, 0.25) is 0 Å². The fourth-order valence-electron chi connectivity index (χ4n) is 5.46. The number of aromatic amines is 1. The first-order valence-corrected chi connectivity index (χ1v) is 11.8. The van der Waals surface area contributed by atoms with Gasteiger partial charge in [0.05, 0.1) is 12.6 Å². The van der Waals surface area contributed by atoms with E-state index in [2.05, 4.69) is 15.2 Å². The number of hydrogen-bond donors (Lipinski definition) is 2. The molecule has 1 aromatic heterocycles. The van der Waals surface area contributed by atoms with Gasteiger partial charge in [0.25, 0.3) is 0 Å². The Labute approximate surface area is 201 Å². The Balaban J connectivity index is 1.37. The molecule has 3 heterocycles. The van der Waals surface area contributed by atoms with Crippen molar-refractivity contribution in [3.8, 4) is 5.75 Å². The highest BCUT2D eigenvalue weighted by Crippen LogP contribution is 2.40. The van der Waals surface area contributed by atoms with Crippen molar-refractivity contribution in [1.29, 1.82) is 0 Å². The number of carbonyl (C=O) groups is 1. The number of aromatic nitrogens is 1. The first-order valence-electron chi connectivity index (χ1n) is 11.8. The minimum absolute atomic E-state index is 0.219. The van der Waals surface area contributed by atoms with Crippen molar-refractivity contribution in [3.63, 3.8) is 0 Å². The van der Waals surface area contributed by atoms with Gasteiger partial charge in [-0.3, -0.25) is 4.90 Å². The number of ether oxygens (including phenoxy) is 2. The second-order valence-corrected chi connectivity index (χ2v) is 9.35. The predicted molar refractivity (Wildman–Crippen MR) is 125 cm³/mol. The van der Waals surface area contributed by atoms with Crippen LogP contribution in [0.15, 0.2) is 48.5 Å². The summed E-state index contributed by atoms with van der Waals surface area (Å²) < 4.78 is 49.2. The molecule has 2 unspecified atom stereocenters. The number of nitrogens with zero attached hydrogens (tertiary/aromatic N) is 1. The third-order valence-electron chi connectivity index (χ3n) is 7.05. The summed E-state index contributed by atoms with van der Waals surface area (Å²) in [6, 6.07) is 15.1. The van der Waals surface area contributed by atoms with Gasteiger partial charge in [-0.1, -0.05) is 30.3 Å².